The Hall–Kier alpha value is -2.28. The topological polar surface area (TPSA) is 123 Å². The van der Waals surface area contributed by atoms with E-state index in [4.69, 9.17) is 23.3 Å². The molecule has 2 rings (SSSR count). The molecule has 0 radical (unpaired) electrons. The van der Waals surface area contributed by atoms with Crippen LogP contribution < -0.4 is 5.11 Å². The molecule has 0 bridgehead atoms. The molecule has 0 aromatic heterocycles. The van der Waals surface area contributed by atoms with Gasteiger partial charge in [0.25, 0.3) is 0 Å². The van der Waals surface area contributed by atoms with Crippen molar-refractivity contribution in [2.24, 2.45) is 0 Å². The number of rotatable bonds is 1. The minimum absolute atomic E-state index is 0.00856. The molecule has 0 saturated heterocycles. The van der Waals surface area contributed by atoms with E-state index in [1.54, 1.807) is 0 Å². The van der Waals surface area contributed by atoms with E-state index in [0.717, 1.165) is 20.8 Å². The zero-order chi connectivity index (χ0) is 23.8. The molecule has 28 heavy (non-hydrogen) atoms. The number of hydrogen-bond donors (Lipinski definition) is 0. The van der Waals surface area contributed by atoms with Gasteiger partial charge in [-0.3, -0.25) is 0 Å². The number of hydrogen-bond acceptors (Lipinski definition) is 1. The monoisotopic (exact) mass is 421 g/mol. The average Bonchev–Trinajstić information content (AvgIpc) is 2.74. The minimum atomic E-state index is -0.00856. The summed E-state index contributed by atoms with van der Waals surface area (Å²) in [6, 6.07) is 13.7. The molecular formula is C20H19CrNO6. The standard InChI is InChI=1S/C11H7O.C4H12N.5CO.Cr/c12-8-9-5-6-10-3-1-2-4-11(10)7-9;1-5(2,3)4;5*1-2;/h1-7H;1-4H3;;;;;;/q-1;+1;;;;;;. The predicted octanol–water partition coefficient (Wildman–Crippen LogP) is 1.36. The van der Waals surface area contributed by atoms with Gasteiger partial charge in [0.1, 0.15) is 0 Å². The van der Waals surface area contributed by atoms with Crippen LogP contribution in [0.2, 0.25) is 0 Å². The molecule has 0 aliphatic heterocycles. The Morgan fingerprint density at radius 1 is 0.714 bits per heavy atom. The van der Waals surface area contributed by atoms with Crippen LogP contribution in [0.25, 0.3) is 10.8 Å². The summed E-state index contributed by atoms with van der Waals surface area (Å²) in [7, 11) is 8.50. The van der Waals surface area contributed by atoms with E-state index in [1.165, 1.54) is 0 Å². The molecule has 0 amide bonds. The van der Waals surface area contributed by atoms with Crippen LogP contribution in [0.3, 0.4) is 0 Å². The summed E-state index contributed by atoms with van der Waals surface area (Å²) in [6.07, 6.45) is 0. The van der Waals surface area contributed by atoms with Gasteiger partial charge in [0, 0.05) is 0 Å². The van der Waals surface area contributed by atoms with Gasteiger partial charge < -0.3 is 4.48 Å². The molecule has 0 aliphatic rings. The first-order valence-electron chi connectivity index (χ1n) is 6.78. The van der Waals surface area contributed by atoms with Crippen LogP contribution in [0.5, 0.6) is 0 Å². The number of nitrogens with zero attached hydrogens (tertiary/aromatic N) is 1. The van der Waals surface area contributed by atoms with E-state index in [1.807, 2.05) is 42.5 Å². The van der Waals surface area contributed by atoms with Crippen molar-refractivity contribution >= 4 is 15.3 Å². The van der Waals surface area contributed by atoms with Crippen LogP contribution in [0, 0.1) is 33.3 Å². The summed E-state index contributed by atoms with van der Waals surface area (Å²) in [6.45, 7) is 22.5. The maximum atomic E-state index is 11.0. The van der Waals surface area contributed by atoms with Crippen LogP contribution in [0.4, 0.5) is 0 Å². The van der Waals surface area contributed by atoms with Crippen LogP contribution in [-0.2, 0) is 39.1 Å². The van der Waals surface area contributed by atoms with Crippen molar-refractivity contribution in [1.29, 1.82) is 0 Å². The van der Waals surface area contributed by atoms with E-state index >= 15 is 0 Å². The van der Waals surface area contributed by atoms with Crippen LogP contribution in [-0.4, -0.2) is 37.2 Å². The zero-order valence-electron chi connectivity index (χ0n) is 15.8. The third-order valence-corrected chi connectivity index (χ3v) is 2.35. The molecule has 146 valence electrons. The summed E-state index contributed by atoms with van der Waals surface area (Å²) < 4.78 is 38.5. The Bertz CT molecular complexity index is 714. The maximum absolute atomic E-state index is 11.0. The molecule has 0 atom stereocenters. The van der Waals surface area contributed by atoms with Gasteiger partial charge in [-0.15, -0.1) is 0 Å². The molecule has 2 aromatic rings. The Kier molecular flexibility index (Phi) is 35.2. The quantitative estimate of drug-likeness (QED) is 0.385. The molecule has 0 N–H and O–H groups in total. The predicted molar refractivity (Wildman–Crippen MR) is 91.7 cm³/mol. The molecule has 7 nitrogen and oxygen atoms in total. The molecule has 0 spiro atoms. The number of quaternary nitrogens is 1. The second-order valence-electron chi connectivity index (χ2n) is 5.53. The zero-order valence-corrected chi connectivity index (χ0v) is 17.1. The fourth-order valence-electron chi connectivity index (χ4n) is 1.32. The first kappa shape index (κ1) is 36.6. The Morgan fingerprint density at radius 2 is 1.04 bits per heavy atom. The molecule has 0 heterocycles. The van der Waals surface area contributed by atoms with Gasteiger partial charge in [-0.1, -0.05) is 0 Å². The average molecular weight is 421 g/mol. The molecule has 2 aromatic carbocycles. The molecule has 0 fully saturated rings. The molecular weight excluding hydrogens is 402 g/mol. The van der Waals surface area contributed by atoms with E-state index in [9.17, 15) is 5.11 Å². The van der Waals surface area contributed by atoms with Gasteiger partial charge in [0.2, 0.25) is 0 Å². The first-order valence-corrected chi connectivity index (χ1v) is 7.42. The van der Waals surface area contributed by atoms with Crippen LogP contribution in [0.15, 0.2) is 42.5 Å². The van der Waals surface area contributed by atoms with Crippen molar-refractivity contribution < 1.29 is 48.7 Å². The summed E-state index contributed by atoms with van der Waals surface area (Å²) >= 11 is 2.48. The second-order valence-corrected chi connectivity index (χ2v) is 6.11. The van der Waals surface area contributed by atoms with E-state index in [0.29, 0.717) is 0 Å². The van der Waals surface area contributed by atoms with Gasteiger partial charge in [-0.2, -0.15) is 0 Å². The van der Waals surface area contributed by atoms with Crippen LogP contribution in [0.1, 0.15) is 5.56 Å². The number of fused-ring (bicyclic) bond motifs is 1. The summed E-state index contributed by atoms with van der Waals surface area (Å²) in [5.74, 6) is 0. The van der Waals surface area contributed by atoms with Crippen molar-refractivity contribution in [2.45, 2.75) is 0 Å². The van der Waals surface area contributed by atoms with Crippen molar-refractivity contribution in [3.63, 3.8) is 0 Å². The van der Waals surface area contributed by atoms with E-state index in [-0.39, 0.29) is 4.57 Å². The Balaban J connectivity index is -0.0000000996. The van der Waals surface area contributed by atoms with E-state index < -0.39 is 0 Å². The fourth-order valence-corrected chi connectivity index (χ4v) is 1.51. The third kappa shape index (κ3) is 26.0. The van der Waals surface area contributed by atoms with Gasteiger partial charge in [-0.25, -0.2) is 0 Å². The van der Waals surface area contributed by atoms with Gasteiger partial charge in [0.15, 0.2) is 0 Å². The van der Waals surface area contributed by atoms with E-state index in [2.05, 4.69) is 77.3 Å². The van der Waals surface area contributed by atoms with Crippen molar-refractivity contribution in [1.82, 2.24) is 0 Å². The molecule has 0 saturated carbocycles. The van der Waals surface area contributed by atoms with Crippen molar-refractivity contribution in [3.05, 3.63) is 81.3 Å². The van der Waals surface area contributed by atoms with Gasteiger partial charge >= 0.3 is 141 Å². The number of benzene rings is 2. The van der Waals surface area contributed by atoms with Crippen LogP contribution >= 0.6 is 0 Å². The fraction of sp³-hybridized carbons (Fsp3) is 0.200. The van der Waals surface area contributed by atoms with Gasteiger partial charge in [-0.05, 0) is 0 Å². The Labute approximate surface area is 173 Å². The molecule has 8 heteroatoms. The molecule has 0 unspecified atom stereocenters. The van der Waals surface area contributed by atoms with Gasteiger partial charge in [0.05, 0.1) is 28.2 Å². The summed E-state index contributed by atoms with van der Waals surface area (Å²) in [4.78, 5) is 0. The summed E-state index contributed by atoms with van der Waals surface area (Å²) in [5.41, 5.74) is 0.721. The van der Waals surface area contributed by atoms with Crippen molar-refractivity contribution in [2.75, 3.05) is 28.2 Å². The Morgan fingerprint density at radius 3 is 1.36 bits per heavy atom. The summed E-state index contributed by atoms with van der Waals surface area (Å²) in [5, 5.41) is 13.3. The molecule has 0 aliphatic carbocycles. The second kappa shape index (κ2) is 26.9. The normalized spacial score (nSPS) is 7.25. The SMILES string of the molecule is C[N+](C)(C)C.[C-]#[O+].[C-]#[O+].[C-]#[O+].[C-]#[O+].[C-]#[O+].[O-][C](=[Cr])c1ccc2ccccc2c1. The van der Waals surface area contributed by atoms with Crippen molar-refractivity contribution in [3.8, 4) is 0 Å². The third-order valence-electron chi connectivity index (χ3n) is 1.99. The first-order chi connectivity index (χ1) is 13.3.